The van der Waals surface area contributed by atoms with Crippen molar-refractivity contribution >= 4 is 39.4 Å². The molecule has 0 bridgehead atoms. The molecular formula is C29H27BrN2O4. The lowest BCUT2D eigenvalue weighted by molar-refractivity contribution is -0.149. The van der Waals surface area contributed by atoms with Crippen LogP contribution >= 0.6 is 15.9 Å². The zero-order valence-electron chi connectivity index (χ0n) is 20.1. The molecular weight excluding hydrogens is 520 g/mol. The van der Waals surface area contributed by atoms with Crippen molar-refractivity contribution in [1.82, 2.24) is 5.32 Å². The van der Waals surface area contributed by atoms with Gasteiger partial charge < -0.3 is 5.11 Å². The summed E-state index contributed by atoms with van der Waals surface area (Å²) in [6, 6.07) is 21.3. The summed E-state index contributed by atoms with van der Waals surface area (Å²) in [5, 5.41) is 13.9. The quantitative estimate of drug-likeness (QED) is 0.424. The number of rotatable bonds is 6. The number of hydrogen-bond acceptors (Lipinski definition) is 4. The number of nitrogens with one attached hydrogen (secondary N) is 1. The third-order valence-electron chi connectivity index (χ3n) is 7.54. The van der Waals surface area contributed by atoms with Crippen LogP contribution in [-0.2, 0) is 32.8 Å². The first kappa shape index (κ1) is 24.4. The van der Waals surface area contributed by atoms with E-state index in [-0.39, 0.29) is 5.91 Å². The summed E-state index contributed by atoms with van der Waals surface area (Å²) in [5.41, 5.74) is 1.85. The average Bonchev–Trinajstić information content (AvgIpc) is 3.39. The first-order chi connectivity index (χ1) is 17.3. The predicted octanol–water partition coefficient (Wildman–Crippen LogP) is 5.00. The Morgan fingerprint density at radius 1 is 0.917 bits per heavy atom. The number of amides is 2. The minimum Gasteiger partial charge on any atom is -0.480 e. The molecule has 2 amide bonds. The Labute approximate surface area is 218 Å². The fourth-order valence-corrected chi connectivity index (χ4v) is 6.14. The van der Waals surface area contributed by atoms with E-state index in [0.29, 0.717) is 24.1 Å². The summed E-state index contributed by atoms with van der Waals surface area (Å²) in [6.07, 6.45) is 1.29. The van der Waals surface area contributed by atoms with E-state index in [1.807, 2.05) is 56.3 Å². The van der Waals surface area contributed by atoms with Crippen LogP contribution in [-0.4, -0.2) is 22.9 Å². The van der Waals surface area contributed by atoms with E-state index in [2.05, 4.69) is 21.2 Å². The molecule has 3 aromatic carbocycles. The van der Waals surface area contributed by atoms with E-state index in [9.17, 15) is 19.5 Å². The SMILES string of the molecule is CCc1cccc(CC)c1N1C(=O)C2C(c3ccc(Br)cc3)NC(C(=O)O)(c3ccccc3)C2C1=O. The van der Waals surface area contributed by atoms with Crippen LogP contribution in [0, 0.1) is 11.8 Å². The highest BCUT2D eigenvalue weighted by Crippen LogP contribution is 2.54. The molecule has 3 aromatic rings. The predicted molar refractivity (Wildman–Crippen MR) is 140 cm³/mol. The van der Waals surface area contributed by atoms with Gasteiger partial charge in [0.2, 0.25) is 11.8 Å². The largest absolute Gasteiger partial charge is 0.480 e. The second kappa shape index (κ2) is 9.30. The number of nitrogens with zero attached hydrogens (tertiary/aromatic N) is 1. The molecule has 184 valence electrons. The lowest BCUT2D eigenvalue weighted by atomic mass is 9.75. The van der Waals surface area contributed by atoms with E-state index in [1.54, 1.807) is 30.3 Å². The number of para-hydroxylation sites is 1. The molecule has 2 fully saturated rings. The summed E-state index contributed by atoms with van der Waals surface area (Å²) in [6.45, 7) is 3.98. The molecule has 6 nitrogen and oxygen atoms in total. The first-order valence-corrected chi connectivity index (χ1v) is 12.9. The van der Waals surface area contributed by atoms with E-state index in [1.165, 1.54) is 4.90 Å². The molecule has 2 saturated heterocycles. The number of benzene rings is 3. The topological polar surface area (TPSA) is 86.7 Å². The van der Waals surface area contributed by atoms with Crippen LogP contribution in [0.15, 0.2) is 77.3 Å². The number of aryl methyl sites for hydroxylation is 2. The molecule has 2 N–H and O–H groups in total. The van der Waals surface area contributed by atoms with Gasteiger partial charge in [-0.05, 0) is 47.2 Å². The number of anilines is 1. The van der Waals surface area contributed by atoms with Crippen molar-refractivity contribution in [2.75, 3.05) is 4.90 Å². The van der Waals surface area contributed by atoms with Gasteiger partial charge in [-0.15, -0.1) is 0 Å². The Kier molecular flexibility index (Phi) is 6.30. The minimum absolute atomic E-state index is 0.361. The molecule has 2 heterocycles. The van der Waals surface area contributed by atoms with Gasteiger partial charge in [0.25, 0.3) is 0 Å². The standard InChI is InChI=1S/C29H27BrN2O4/c1-3-17-9-8-10-18(4-2)25(17)32-26(33)22-23(27(32)34)29(28(35)36,20-11-6-5-7-12-20)31-24(22)19-13-15-21(30)16-14-19/h5-16,22-24,31H,3-4H2,1-2H3,(H,35,36). The Bertz CT molecular complexity index is 1320. The molecule has 4 unspecified atom stereocenters. The number of hydrogen-bond donors (Lipinski definition) is 2. The van der Waals surface area contributed by atoms with Crippen molar-refractivity contribution in [3.63, 3.8) is 0 Å². The van der Waals surface area contributed by atoms with E-state index >= 15 is 0 Å². The highest BCUT2D eigenvalue weighted by atomic mass is 79.9. The van der Waals surface area contributed by atoms with Gasteiger partial charge in [0, 0.05) is 10.5 Å². The van der Waals surface area contributed by atoms with Crippen molar-refractivity contribution in [3.05, 3.63) is 99.5 Å². The first-order valence-electron chi connectivity index (χ1n) is 12.2. The van der Waals surface area contributed by atoms with Crippen molar-refractivity contribution < 1.29 is 19.5 Å². The monoisotopic (exact) mass is 546 g/mol. The van der Waals surface area contributed by atoms with Crippen LogP contribution in [0.3, 0.4) is 0 Å². The molecule has 7 heteroatoms. The maximum absolute atomic E-state index is 14.3. The second-order valence-corrected chi connectivity index (χ2v) is 10.2. The van der Waals surface area contributed by atoms with Gasteiger partial charge in [-0.1, -0.05) is 90.4 Å². The van der Waals surface area contributed by atoms with Crippen LogP contribution in [0.4, 0.5) is 5.69 Å². The smallest absolute Gasteiger partial charge is 0.329 e. The number of carboxylic acids is 1. The van der Waals surface area contributed by atoms with E-state index in [4.69, 9.17) is 0 Å². The number of imide groups is 1. The van der Waals surface area contributed by atoms with Crippen LogP contribution in [0.5, 0.6) is 0 Å². The highest BCUT2D eigenvalue weighted by molar-refractivity contribution is 9.10. The maximum Gasteiger partial charge on any atom is 0.329 e. The highest BCUT2D eigenvalue weighted by Gasteiger charge is 2.69. The lowest BCUT2D eigenvalue weighted by Gasteiger charge is -2.32. The van der Waals surface area contributed by atoms with Crippen molar-refractivity contribution in [3.8, 4) is 0 Å². The number of carboxylic acid groups (broad SMARTS) is 1. The van der Waals surface area contributed by atoms with Crippen LogP contribution in [0.1, 0.15) is 42.1 Å². The molecule has 2 aliphatic rings. The zero-order chi connectivity index (χ0) is 25.6. The van der Waals surface area contributed by atoms with Crippen molar-refractivity contribution in [2.24, 2.45) is 11.8 Å². The summed E-state index contributed by atoms with van der Waals surface area (Å²) in [7, 11) is 0. The van der Waals surface area contributed by atoms with Gasteiger partial charge in [0.15, 0.2) is 5.54 Å². The molecule has 36 heavy (non-hydrogen) atoms. The van der Waals surface area contributed by atoms with Gasteiger partial charge >= 0.3 is 5.97 Å². The number of carbonyl (C=O) groups excluding carboxylic acids is 2. The van der Waals surface area contributed by atoms with Crippen LogP contribution in [0.2, 0.25) is 0 Å². The van der Waals surface area contributed by atoms with Crippen LogP contribution < -0.4 is 10.2 Å². The lowest BCUT2D eigenvalue weighted by Crippen LogP contribution is -2.53. The molecule has 5 rings (SSSR count). The van der Waals surface area contributed by atoms with Gasteiger partial charge in [-0.2, -0.15) is 0 Å². The molecule has 0 aromatic heterocycles. The Balaban J connectivity index is 1.75. The minimum atomic E-state index is -1.75. The molecule has 2 aliphatic heterocycles. The number of fused-ring (bicyclic) bond motifs is 1. The zero-order valence-corrected chi connectivity index (χ0v) is 21.7. The van der Waals surface area contributed by atoms with Crippen molar-refractivity contribution in [1.29, 1.82) is 0 Å². The number of aliphatic carboxylic acids is 1. The van der Waals surface area contributed by atoms with Crippen LogP contribution in [0.25, 0.3) is 0 Å². The fourth-order valence-electron chi connectivity index (χ4n) is 5.87. The molecule has 0 aliphatic carbocycles. The Morgan fingerprint density at radius 3 is 2.08 bits per heavy atom. The Morgan fingerprint density at radius 2 is 1.53 bits per heavy atom. The summed E-state index contributed by atoms with van der Waals surface area (Å²) in [4.78, 5) is 42.8. The number of carbonyl (C=O) groups is 3. The third-order valence-corrected chi connectivity index (χ3v) is 8.07. The van der Waals surface area contributed by atoms with Gasteiger partial charge in [-0.3, -0.25) is 14.9 Å². The molecule has 0 radical (unpaired) electrons. The Hall–Kier alpha value is -3.29. The third kappa shape index (κ3) is 3.52. The summed E-state index contributed by atoms with van der Waals surface area (Å²) in [5.74, 6) is -3.98. The molecule has 0 spiro atoms. The van der Waals surface area contributed by atoms with Gasteiger partial charge in [0.05, 0.1) is 17.5 Å². The maximum atomic E-state index is 14.3. The molecule has 4 atom stereocenters. The normalized spacial score (nSPS) is 25.3. The van der Waals surface area contributed by atoms with E-state index in [0.717, 1.165) is 21.2 Å². The fraction of sp³-hybridized carbons (Fsp3) is 0.276. The van der Waals surface area contributed by atoms with Gasteiger partial charge in [0.1, 0.15) is 0 Å². The second-order valence-electron chi connectivity index (χ2n) is 9.30. The van der Waals surface area contributed by atoms with Gasteiger partial charge in [-0.25, -0.2) is 9.69 Å². The van der Waals surface area contributed by atoms with E-state index < -0.39 is 35.3 Å². The summed E-state index contributed by atoms with van der Waals surface area (Å²) < 4.78 is 0.869. The average molecular weight is 547 g/mol. The summed E-state index contributed by atoms with van der Waals surface area (Å²) >= 11 is 3.44. The number of halogens is 1. The van der Waals surface area contributed by atoms with Crippen molar-refractivity contribution in [2.45, 2.75) is 38.3 Å². The molecule has 0 saturated carbocycles.